The van der Waals surface area contributed by atoms with Crippen LogP contribution in [0.1, 0.15) is 23.7 Å². The van der Waals surface area contributed by atoms with Crippen molar-refractivity contribution in [2.24, 2.45) is 0 Å². The summed E-state index contributed by atoms with van der Waals surface area (Å²) in [5.74, 6) is -0.152. The van der Waals surface area contributed by atoms with Crippen molar-refractivity contribution in [3.05, 3.63) is 28.2 Å². The van der Waals surface area contributed by atoms with Crippen LogP contribution in [0.4, 0.5) is 0 Å². The Morgan fingerprint density at radius 1 is 1.60 bits per heavy atom. The number of Topliss-reactive ketones (excluding diaryl/α,β-unsaturated/α-hetero) is 1. The molecule has 0 spiro atoms. The molecule has 0 saturated carbocycles. The summed E-state index contributed by atoms with van der Waals surface area (Å²) in [5, 5.41) is 0. The highest BCUT2D eigenvalue weighted by Gasteiger charge is 2.30. The minimum atomic E-state index is -0.794. The second-order valence-corrected chi connectivity index (χ2v) is 5.94. The number of benzene rings is 1. The van der Waals surface area contributed by atoms with Gasteiger partial charge in [-0.05, 0) is 25.1 Å². The van der Waals surface area contributed by atoms with Crippen molar-refractivity contribution in [1.29, 1.82) is 0 Å². The Morgan fingerprint density at radius 2 is 2.35 bits per heavy atom. The predicted molar refractivity (Wildman–Crippen MR) is 85.1 cm³/mol. The molecule has 1 aliphatic rings. The minimum absolute atomic E-state index is 0.223. The highest BCUT2D eigenvalue weighted by atomic mass is 127. The smallest absolute Gasteiger partial charge is 0.324 e. The number of esters is 1. The molecular formula is C13H13BrINO4. The van der Waals surface area contributed by atoms with Crippen LogP contribution in [0.5, 0.6) is 5.75 Å². The lowest BCUT2D eigenvalue weighted by molar-refractivity contribution is -0.148. The van der Waals surface area contributed by atoms with Gasteiger partial charge in [0.05, 0.1) is 12.2 Å². The molecule has 1 aromatic carbocycles. The van der Waals surface area contributed by atoms with Gasteiger partial charge in [0.25, 0.3) is 0 Å². The largest absolute Gasteiger partial charge is 0.493 e. The number of ether oxygens (including phenoxy) is 2. The monoisotopic (exact) mass is 453 g/mol. The molecule has 0 aromatic heterocycles. The predicted octanol–water partition coefficient (Wildman–Crippen LogP) is 2.65. The van der Waals surface area contributed by atoms with Crippen molar-refractivity contribution in [2.45, 2.75) is 25.5 Å². The van der Waals surface area contributed by atoms with E-state index in [1.54, 1.807) is 25.1 Å². The van der Waals surface area contributed by atoms with Crippen LogP contribution >= 0.6 is 38.8 Å². The van der Waals surface area contributed by atoms with E-state index in [0.717, 1.165) is 4.47 Å². The maximum Gasteiger partial charge on any atom is 0.324 e. The van der Waals surface area contributed by atoms with E-state index >= 15 is 0 Å². The molecule has 7 heteroatoms. The van der Waals surface area contributed by atoms with Gasteiger partial charge in [-0.3, -0.25) is 9.59 Å². The fourth-order valence-corrected chi connectivity index (χ4v) is 2.39. The van der Waals surface area contributed by atoms with Gasteiger partial charge >= 0.3 is 5.97 Å². The van der Waals surface area contributed by atoms with Crippen LogP contribution < -0.4 is 8.27 Å². The fraction of sp³-hybridized carbons (Fsp3) is 0.385. The lowest BCUT2D eigenvalue weighted by Gasteiger charge is -2.16. The Kier molecular flexibility index (Phi) is 5.39. The molecule has 2 atom stereocenters. The van der Waals surface area contributed by atoms with E-state index in [1.807, 2.05) is 22.9 Å². The van der Waals surface area contributed by atoms with Gasteiger partial charge in [0, 0.05) is 33.8 Å². The van der Waals surface area contributed by atoms with E-state index in [-0.39, 0.29) is 5.78 Å². The van der Waals surface area contributed by atoms with Crippen LogP contribution in [0, 0.1) is 0 Å². The number of hydrogen-bond acceptors (Lipinski definition) is 5. The Labute approximate surface area is 139 Å². The summed E-state index contributed by atoms with van der Waals surface area (Å²) in [7, 11) is 0. The highest BCUT2D eigenvalue weighted by Crippen LogP contribution is 2.28. The van der Waals surface area contributed by atoms with Crippen LogP contribution in [0.2, 0.25) is 0 Å². The molecule has 0 radical (unpaired) electrons. The molecule has 0 saturated heterocycles. The molecule has 1 heterocycles. The van der Waals surface area contributed by atoms with E-state index in [1.165, 1.54) is 0 Å². The summed E-state index contributed by atoms with van der Waals surface area (Å²) in [6.07, 6.45) is -0.442. The third-order valence-electron chi connectivity index (χ3n) is 2.91. The molecule has 1 aliphatic heterocycles. The highest BCUT2D eigenvalue weighted by molar-refractivity contribution is 14.1. The van der Waals surface area contributed by atoms with Crippen molar-refractivity contribution in [3.8, 4) is 5.75 Å². The van der Waals surface area contributed by atoms with Crippen LogP contribution in [-0.4, -0.2) is 30.5 Å². The van der Waals surface area contributed by atoms with Gasteiger partial charge in [-0.25, -0.2) is 3.53 Å². The molecule has 0 bridgehead atoms. The van der Waals surface area contributed by atoms with Gasteiger partial charge in [-0.15, -0.1) is 0 Å². The molecule has 5 nitrogen and oxygen atoms in total. The Morgan fingerprint density at radius 3 is 3.05 bits per heavy atom. The third kappa shape index (κ3) is 3.50. The molecule has 0 aliphatic carbocycles. The Bertz CT molecular complexity index is 537. The second kappa shape index (κ2) is 6.86. The van der Waals surface area contributed by atoms with Gasteiger partial charge in [0.1, 0.15) is 11.8 Å². The summed E-state index contributed by atoms with van der Waals surface area (Å²) >= 11 is 5.21. The SMILES string of the molecule is C[C@H](NI)C(=O)OC1CCOc2cc(Br)ccc2C1=O. The van der Waals surface area contributed by atoms with Crippen molar-refractivity contribution in [3.63, 3.8) is 0 Å². The number of fused-ring (bicyclic) bond motifs is 1. The molecule has 0 fully saturated rings. The molecule has 108 valence electrons. The van der Waals surface area contributed by atoms with Crippen molar-refractivity contribution in [2.75, 3.05) is 6.61 Å². The quantitative estimate of drug-likeness (QED) is 0.433. The van der Waals surface area contributed by atoms with E-state index < -0.39 is 18.1 Å². The first kappa shape index (κ1) is 15.7. The number of ketones is 1. The Hall–Kier alpha value is -0.670. The number of nitrogens with one attached hydrogen (secondary N) is 1. The van der Waals surface area contributed by atoms with Crippen LogP contribution in [0.25, 0.3) is 0 Å². The van der Waals surface area contributed by atoms with Crippen molar-refractivity contribution < 1.29 is 19.1 Å². The lowest BCUT2D eigenvalue weighted by Crippen LogP contribution is -2.35. The van der Waals surface area contributed by atoms with Crippen molar-refractivity contribution >= 4 is 50.5 Å². The van der Waals surface area contributed by atoms with E-state index in [9.17, 15) is 9.59 Å². The van der Waals surface area contributed by atoms with Gasteiger partial charge < -0.3 is 9.47 Å². The first-order valence-corrected chi connectivity index (χ1v) is 7.93. The number of halogens is 2. The van der Waals surface area contributed by atoms with Gasteiger partial charge in [-0.2, -0.15) is 0 Å². The average molecular weight is 454 g/mol. The summed E-state index contributed by atoms with van der Waals surface area (Å²) in [5.41, 5.74) is 0.443. The van der Waals surface area contributed by atoms with E-state index in [4.69, 9.17) is 9.47 Å². The number of hydrogen-bond donors (Lipinski definition) is 1. The number of rotatable bonds is 3. The molecule has 2 rings (SSSR count). The first-order valence-electron chi connectivity index (χ1n) is 6.06. The topological polar surface area (TPSA) is 64.6 Å². The van der Waals surface area contributed by atoms with Crippen LogP contribution in [0.15, 0.2) is 22.7 Å². The summed E-state index contributed by atoms with van der Waals surface area (Å²) in [6, 6.07) is 4.72. The van der Waals surface area contributed by atoms with Crippen LogP contribution in [-0.2, 0) is 9.53 Å². The first-order chi connectivity index (χ1) is 9.52. The normalized spacial score (nSPS) is 19.6. The average Bonchev–Trinajstić information content (AvgIpc) is 2.58. The van der Waals surface area contributed by atoms with E-state index in [0.29, 0.717) is 24.3 Å². The third-order valence-corrected chi connectivity index (χ3v) is 4.34. The molecule has 0 amide bonds. The minimum Gasteiger partial charge on any atom is -0.493 e. The maximum atomic E-state index is 12.4. The lowest BCUT2D eigenvalue weighted by atomic mass is 10.0. The van der Waals surface area contributed by atoms with Crippen molar-refractivity contribution in [1.82, 2.24) is 3.53 Å². The van der Waals surface area contributed by atoms with Crippen LogP contribution in [0.3, 0.4) is 0 Å². The van der Waals surface area contributed by atoms with E-state index in [2.05, 4.69) is 19.5 Å². The standard InChI is InChI=1S/C13H13BrINO4/c1-7(16-15)13(18)20-10-4-5-19-11-6-8(14)2-3-9(11)12(10)17/h2-3,6-7,10,16H,4-5H2,1H3/t7-,10?/m0/s1. The Balaban J connectivity index is 2.19. The zero-order chi connectivity index (χ0) is 14.7. The summed E-state index contributed by atoms with van der Waals surface area (Å²) < 4.78 is 14.4. The van der Waals surface area contributed by atoms with Gasteiger partial charge in [0.2, 0.25) is 5.78 Å². The fourth-order valence-electron chi connectivity index (χ4n) is 1.80. The van der Waals surface area contributed by atoms with Gasteiger partial charge in [0.15, 0.2) is 6.10 Å². The molecular weight excluding hydrogens is 441 g/mol. The van der Waals surface area contributed by atoms with Gasteiger partial charge in [-0.1, -0.05) is 15.9 Å². The summed E-state index contributed by atoms with van der Waals surface area (Å²) in [4.78, 5) is 24.2. The molecule has 1 N–H and O–H groups in total. The summed E-state index contributed by atoms with van der Waals surface area (Å²) in [6.45, 7) is 2.01. The second-order valence-electron chi connectivity index (χ2n) is 4.40. The number of carbonyl (C=O) groups is 2. The zero-order valence-electron chi connectivity index (χ0n) is 10.7. The molecule has 20 heavy (non-hydrogen) atoms. The zero-order valence-corrected chi connectivity index (χ0v) is 14.4. The maximum absolute atomic E-state index is 12.4. The number of carbonyl (C=O) groups excluding carboxylic acids is 2. The molecule has 1 unspecified atom stereocenters. The molecule has 1 aromatic rings.